The Labute approximate surface area is 191 Å². The molecule has 0 aliphatic carbocycles. The number of rotatable bonds is 8. The highest BCUT2D eigenvalue weighted by atomic mass is 32.1. The molecule has 1 aromatic carbocycles. The largest absolute Gasteiger partial charge is 0.379 e. The Bertz CT molecular complexity index is 1110. The standard InChI is InChI=1S/C24H30N4O3S/c1-16(2)31-13-7-11-25-22(29)18-10-6-12-28(14-18)24-26-20-19(17-8-4-3-5-9-17)15-32-21(20)23(30)27-24/h3-5,8-9,15-16,18H,6-7,10-14H2,1-2H3,(H,25,29)(H,26,27,30)/t18-/m1/s1. The molecule has 7 nitrogen and oxygen atoms in total. The maximum absolute atomic E-state index is 12.8. The van der Waals surface area contributed by atoms with Crippen molar-refractivity contribution < 1.29 is 9.53 Å². The summed E-state index contributed by atoms with van der Waals surface area (Å²) in [6, 6.07) is 9.99. The molecule has 170 valence electrons. The molecule has 8 heteroatoms. The average Bonchev–Trinajstić information content (AvgIpc) is 3.24. The summed E-state index contributed by atoms with van der Waals surface area (Å²) in [4.78, 5) is 35.2. The summed E-state index contributed by atoms with van der Waals surface area (Å²) in [6.45, 7) is 6.58. The number of amides is 1. The first-order valence-corrected chi connectivity index (χ1v) is 12.1. The van der Waals surface area contributed by atoms with Gasteiger partial charge in [-0.15, -0.1) is 11.3 Å². The Morgan fingerprint density at radius 2 is 2.16 bits per heavy atom. The van der Waals surface area contributed by atoms with Crippen LogP contribution in [-0.4, -0.2) is 48.2 Å². The number of thiophene rings is 1. The number of nitrogens with zero attached hydrogens (tertiary/aromatic N) is 2. The number of fused-ring (bicyclic) bond motifs is 1. The molecule has 1 atom stereocenters. The van der Waals surface area contributed by atoms with Crippen LogP contribution in [0.25, 0.3) is 21.3 Å². The Morgan fingerprint density at radius 1 is 1.34 bits per heavy atom. The van der Waals surface area contributed by atoms with Crippen LogP contribution in [0.4, 0.5) is 5.95 Å². The Kier molecular flexibility index (Phi) is 7.22. The Hall–Kier alpha value is -2.71. The first kappa shape index (κ1) is 22.5. The van der Waals surface area contributed by atoms with Crippen molar-refractivity contribution in [3.05, 3.63) is 46.1 Å². The molecule has 2 N–H and O–H groups in total. The topological polar surface area (TPSA) is 87.3 Å². The average molecular weight is 455 g/mol. The van der Waals surface area contributed by atoms with Gasteiger partial charge in [0, 0.05) is 37.2 Å². The number of aromatic nitrogens is 2. The minimum atomic E-state index is -0.131. The molecule has 0 saturated carbocycles. The maximum Gasteiger partial charge on any atom is 0.270 e. The summed E-state index contributed by atoms with van der Waals surface area (Å²) in [5.74, 6) is 0.482. The first-order chi connectivity index (χ1) is 15.5. The highest BCUT2D eigenvalue weighted by Gasteiger charge is 2.27. The summed E-state index contributed by atoms with van der Waals surface area (Å²) in [6.07, 6.45) is 2.72. The van der Waals surface area contributed by atoms with E-state index in [1.165, 1.54) is 11.3 Å². The summed E-state index contributed by atoms with van der Waals surface area (Å²) in [5, 5.41) is 5.02. The molecule has 4 rings (SSSR count). The van der Waals surface area contributed by atoms with Crippen molar-refractivity contribution in [3.8, 4) is 11.1 Å². The minimum Gasteiger partial charge on any atom is -0.379 e. The number of benzene rings is 1. The summed E-state index contributed by atoms with van der Waals surface area (Å²) >= 11 is 1.41. The molecule has 32 heavy (non-hydrogen) atoms. The van der Waals surface area contributed by atoms with E-state index in [0.717, 1.165) is 42.5 Å². The molecule has 2 aromatic heterocycles. The second-order valence-electron chi connectivity index (χ2n) is 8.43. The molecule has 0 radical (unpaired) electrons. The molecular formula is C24H30N4O3S. The van der Waals surface area contributed by atoms with Gasteiger partial charge in [0.2, 0.25) is 11.9 Å². The SMILES string of the molecule is CC(C)OCCCNC(=O)[C@@H]1CCCN(c2nc3c(-c4ccccc4)csc3c(=O)[nH]2)C1. The van der Waals surface area contributed by atoms with Crippen LogP contribution in [0, 0.1) is 5.92 Å². The van der Waals surface area contributed by atoms with Crippen LogP contribution in [0.5, 0.6) is 0 Å². The molecule has 1 saturated heterocycles. The third-order valence-electron chi connectivity index (χ3n) is 5.66. The molecule has 0 unspecified atom stereocenters. The molecule has 0 bridgehead atoms. The smallest absolute Gasteiger partial charge is 0.270 e. The van der Waals surface area contributed by atoms with E-state index in [9.17, 15) is 9.59 Å². The number of piperidine rings is 1. The van der Waals surface area contributed by atoms with Gasteiger partial charge in [0.1, 0.15) is 4.70 Å². The van der Waals surface area contributed by atoms with Crippen molar-refractivity contribution in [1.29, 1.82) is 0 Å². The van der Waals surface area contributed by atoms with Gasteiger partial charge in [-0.05, 0) is 38.7 Å². The molecule has 1 fully saturated rings. The summed E-state index contributed by atoms with van der Waals surface area (Å²) in [5.41, 5.74) is 2.60. The normalized spacial score (nSPS) is 16.6. The van der Waals surface area contributed by atoms with Crippen LogP contribution in [-0.2, 0) is 9.53 Å². The number of carbonyl (C=O) groups excluding carboxylic acids is 1. The fraction of sp³-hybridized carbons (Fsp3) is 0.458. The zero-order valence-corrected chi connectivity index (χ0v) is 19.4. The Morgan fingerprint density at radius 3 is 2.94 bits per heavy atom. The predicted molar refractivity (Wildman–Crippen MR) is 129 cm³/mol. The lowest BCUT2D eigenvalue weighted by atomic mass is 9.97. The van der Waals surface area contributed by atoms with Crippen molar-refractivity contribution in [2.75, 3.05) is 31.1 Å². The Balaban J connectivity index is 1.47. The van der Waals surface area contributed by atoms with Crippen LogP contribution in [0.1, 0.15) is 33.1 Å². The number of nitrogens with one attached hydrogen (secondary N) is 2. The number of H-pyrrole nitrogens is 1. The summed E-state index contributed by atoms with van der Waals surface area (Å²) in [7, 11) is 0. The van der Waals surface area contributed by atoms with Gasteiger partial charge in [-0.25, -0.2) is 4.98 Å². The second kappa shape index (κ2) is 10.3. The third kappa shape index (κ3) is 5.19. The van der Waals surface area contributed by atoms with E-state index in [2.05, 4.69) is 10.3 Å². The number of hydrogen-bond donors (Lipinski definition) is 2. The molecule has 3 aromatic rings. The monoisotopic (exact) mass is 454 g/mol. The fourth-order valence-corrected chi connectivity index (χ4v) is 4.93. The molecule has 3 heterocycles. The van der Waals surface area contributed by atoms with E-state index in [1.807, 2.05) is 54.5 Å². The zero-order valence-electron chi connectivity index (χ0n) is 18.6. The van der Waals surface area contributed by atoms with Gasteiger partial charge in [-0.3, -0.25) is 14.6 Å². The number of anilines is 1. The first-order valence-electron chi connectivity index (χ1n) is 11.2. The lowest BCUT2D eigenvalue weighted by molar-refractivity contribution is -0.125. The van der Waals surface area contributed by atoms with Crippen molar-refractivity contribution in [3.63, 3.8) is 0 Å². The van der Waals surface area contributed by atoms with E-state index in [-0.39, 0.29) is 23.5 Å². The zero-order chi connectivity index (χ0) is 22.5. The van der Waals surface area contributed by atoms with Crippen molar-refractivity contribution >= 4 is 33.4 Å². The number of carbonyl (C=O) groups is 1. The van der Waals surface area contributed by atoms with E-state index < -0.39 is 0 Å². The van der Waals surface area contributed by atoms with Gasteiger partial charge in [-0.2, -0.15) is 0 Å². The van der Waals surface area contributed by atoms with Gasteiger partial charge in [0.15, 0.2) is 0 Å². The van der Waals surface area contributed by atoms with Gasteiger partial charge in [-0.1, -0.05) is 30.3 Å². The van der Waals surface area contributed by atoms with Crippen LogP contribution < -0.4 is 15.8 Å². The quantitative estimate of drug-likeness (QED) is 0.506. The molecule has 1 amide bonds. The van der Waals surface area contributed by atoms with Crippen LogP contribution >= 0.6 is 11.3 Å². The maximum atomic E-state index is 12.8. The van der Waals surface area contributed by atoms with Crippen molar-refractivity contribution in [1.82, 2.24) is 15.3 Å². The highest BCUT2D eigenvalue weighted by molar-refractivity contribution is 7.17. The van der Waals surface area contributed by atoms with Crippen LogP contribution in [0.15, 0.2) is 40.5 Å². The van der Waals surface area contributed by atoms with Gasteiger partial charge >= 0.3 is 0 Å². The van der Waals surface area contributed by atoms with Gasteiger partial charge in [0.05, 0.1) is 17.5 Å². The number of hydrogen-bond acceptors (Lipinski definition) is 6. The van der Waals surface area contributed by atoms with E-state index in [1.54, 1.807) is 0 Å². The third-order valence-corrected chi connectivity index (χ3v) is 6.63. The predicted octanol–water partition coefficient (Wildman–Crippen LogP) is 3.80. The lowest BCUT2D eigenvalue weighted by Gasteiger charge is -2.32. The van der Waals surface area contributed by atoms with Gasteiger partial charge < -0.3 is 15.0 Å². The molecule has 1 aliphatic heterocycles. The van der Waals surface area contributed by atoms with Crippen LogP contribution in [0.3, 0.4) is 0 Å². The number of aromatic amines is 1. The summed E-state index contributed by atoms with van der Waals surface area (Å²) < 4.78 is 6.15. The van der Waals surface area contributed by atoms with Gasteiger partial charge in [0.25, 0.3) is 5.56 Å². The molecular weight excluding hydrogens is 424 g/mol. The molecule has 0 spiro atoms. The highest BCUT2D eigenvalue weighted by Crippen LogP contribution is 2.32. The minimum absolute atomic E-state index is 0.0585. The van der Waals surface area contributed by atoms with E-state index in [0.29, 0.717) is 30.3 Å². The lowest BCUT2D eigenvalue weighted by Crippen LogP contribution is -2.44. The number of ether oxygens (including phenoxy) is 1. The fourth-order valence-electron chi connectivity index (χ4n) is 4.02. The molecule has 1 aliphatic rings. The van der Waals surface area contributed by atoms with Crippen molar-refractivity contribution in [2.24, 2.45) is 5.92 Å². The van der Waals surface area contributed by atoms with E-state index in [4.69, 9.17) is 9.72 Å². The van der Waals surface area contributed by atoms with Crippen LogP contribution in [0.2, 0.25) is 0 Å². The second-order valence-corrected chi connectivity index (χ2v) is 9.31. The van der Waals surface area contributed by atoms with E-state index >= 15 is 0 Å². The van der Waals surface area contributed by atoms with Crippen molar-refractivity contribution in [2.45, 2.75) is 39.2 Å².